The topological polar surface area (TPSA) is 76.3 Å². The van der Waals surface area contributed by atoms with E-state index in [0.717, 1.165) is 0 Å². The predicted molar refractivity (Wildman–Crippen MR) is 94.8 cm³/mol. The second-order valence-electron chi connectivity index (χ2n) is 4.65. The molecular formula is C16H11N3O2S2. The quantitative estimate of drug-likeness (QED) is 0.686. The molecule has 0 atom stereocenters. The van der Waals surface area contributed by atoms with E-state index in [-0.39, 0.29) is 11.5 Å². The lowest BCUT2D eigenvalue weighted by Crippen LogP contribution is -2.30. The summed E-state index contributed by atoms with van der Waals surface area (Å²) in [5.41, 5.74) is 6.69. The molecule has 7 heteroatoms. The molecule has 0 bridgehead atoms. The highest BCUT2D eigenvalue weighted by atomic mass is 32.2. The minimum Gasteiger partial charge on any atom is -0.366 e. The zero-order valence-electron chi connectivity index (χ0n) is 11.8. The fourth-order valence-electron chi connectivity index (χ4n) is 2.15. The maximum absolute atomic E-state index is 12.7. The first kappa shape index (κ1) is 15.4. The number of aromatic nitrogens is 1. The Morgan fingerprint density at radius 1 is 1.22 bits per heavy atom. The molecule has 0 aliphatic carbocycles. The molecule has 2 N–H and O–H groups in total. The van der Waals surface area contributed by atoms with Gasteiger partial charge in [0.25, 0.3) is 11.8 Å². The lowest BCUT2D eigenvalue weighted by Gasteiger charge is -2.17. The lowest BCUT2D eigenvalue weighted by atomic mass is 10.1. The number of benzene rings is 1. The molecule has 1 aliphatic rings. The van der Waals surface area contributed by atoms with Gasteiger partial charge in [-0.15, -0.1) is 0 Å². The maximum Gasteiger partial charge on any atom is 0.270 e. The number of hydrogen-bond donors (Lipinski definition) is 1. The maximum atomic E-state index is 12.7. The number of carbonyl (C=O) groups is 2. The van der Waals surface area contributed by atoms with Crippen LogP contribution in [-0.2, 0) is 4.79 Å². The molecule has 1 aromatic carbocycles. The van der Waals surface area contributed by atoms with E-state index >= 15 is 0 Å². The van der Waals surface area contributed by atoms with Crippen molar-refractivity contribution in [2.45, 2.75) is 0 Å². The van der Waals surface area contributed by atoms with Crippen molar-refractivity contribution >= 4 is 51.9 Å². The Labute approximate surface area is 142 Å². The van der Waals surface area contributed by atoms with Gasteiger partial charge < -0.3 is 5.73 Å². The number of rotatable bonds is 3. The smallest absolute Gasteiger partial charge is 0.270 e. The summed E-state index contributed by atoms with van der Waals surface area (Å²) in [5, 5.41) is 0. The van der Waals surface area contributed by atoms with E-state index in [0.29, 0.717) is 20.6 Å². The Kier molecular flexibility index (Phi) is 4.22. The Morgan fingerprint density at radius 2 is 1.96 bits per heavy atom. The van der Waals surface area contributed by atoms with Crippen LogP contribution in [0.5, 0.6) is 0 Å². The van der Waals surface area contributed by atoms with Crippen LogP contribution >= 0.6 is 24.0 Å². The van der Waals surface area contributed by atoms with Crippen LogP contribution in [0, 0.1) is 0 Å². The highest BCUT2D eigenvalue weighted by Crippen LogP contribution is 2.37. The highest BCUT2D eigenvalue weighted by molar-refractivity contribution is 8.27. The first-order chi connectivity index (χ1) is 11.1. The van der Waals surface area contributed by atoms with Crippen LogP contribution in [0.2, 0.25) is 0 Å². The van der Waals surface area contributed by atoms with Gasteiger partial charge in [0.1, 0.15) is 0 Å². The van der Waals surface area contributed by atoms with Crippen molar-refractivity contribution in [1.82, 2.24) is 4.98 Å². The molecule has 23 heavy (non-hydrogen) atoms. The van der Waals surface area contributed by atoms with Crippen molar-refractivity contribution in [3.05, 3.63) is 64.8 Å². The molecule has 0 unspecified atom stereocenters. The number of nitrogens with two attached hydrogens (primary N) is 1. The van der Waals surface area contributed by atoms with Crippen LogP contribution in [0.1, 0.15) is 16.1 Å². The molecule has 1 fully saturated rings. The molecule has 2 aromatic rings. The third kappa shape index (κ3) is 3.01. The van der Waals surface area contributed by atoms with Crippen molar-refractivity contribution in [2.75, 3.05) is 4.90 Å². The molecule has 5 nitrogen and oxygen atoms in total. The summed E-state index contributed by atoms with van der Waals surface area (Å²) >= 11 is 6.46. The second-order valence-corrected chi connectivity index (χ2v) is 6.33. The average molecular weight is 341 g/mol. The molecule has 1 saturated heterocycles. The number of thioether (sulfide) groups is 1. The molecular weight excluding hydrogens is 330 g/mol. The van der Waals surface area contributed by atoms with E-state index in [2.05, 4.69) is 4.98 Å². The molecule has 1 aliphatic heterocycles. The number of nitrogens with zero attached hydrogens (tertiary/aromatic N) is 2. The summed E-state index contributed by atoms with van der Waals surface area (Å²) in [6, 6.07) is 12.1. The van der Waals surface area contributed by atoms with Crippen LogP contribution in [0.15, 0.2) is 53.6 Å². The van der Waals surface area contributed by atoms with Gasteiger partial charge in [0.15, 0.2) is 4.32 Å². The van der Waals surface area contributed by atoms with Crippen molar-refractivity contribution < 1.29 is 9.59 Å². The summed E-state index contributed by atoms with van der Waals surface area (Å²) in [5.74, 6) is -0.900. The Bertz CT molecular complexity index is 834. The molecule has 3 rings (SSSR count). The van der Waals surface area contributed by atoms with E-state index in [4.69, 9.17) is 18.0 Å². The normalized spacial score (nSPS) is 16.2. The number of carbonyl (C=O) groups excluding carboxylic acids is 2. The van der Waals surface area contributed by atoms with Gasteiger partial charge in [-0.25, -0.2) is 0 Å². The zero-order valence-corrected chi connectivity index (χ0v) is 13.4. The highest BCUT2D eigenvalue weighted by Gasteiger charge is 2.35. The number of hydrogen-bond acceptors (Lipinski definition) is 5. The third-order valence-electron chi connectivity index (χ3n) is 3.17. The fraction of sp³-hybridized carbons (Fsp3) is 0. The first-order valence-electron chi connectivity index (χ1n) is 6.66. The van der Waals surface area contributed by atoms with Crippen LogP contribution in [-0.4, -0.2) is 21.1 Å². The number of thiocarbonyl (C=S) groups is 1. The van der Waals surface area contributed by atoms with Crippen LogP contribution < -0.4 is 10.6 Å². The molecule has 0 radical (unpaired) electrons. The fourth-order valence-corrected chi connectivity index (χ4v) is 3.42. The standard InChI is InChI=1S/C16H11N3O2S2/c17-14(20)11-6-1-2-7-12(11)19-15(21)13(23-16(19)22)9-10-5-3-4-8-18-10/h1-9H,(H2,17,20)/b13-9-. The summed E-state index contributed by atoms with van der Waals surface area (Å²) in [6.45, 7) is 0. The third-order valence-corrected chi connectivity index (χ3v) is 4.47. The summed E-state index contributed by atoms with van der Waals surface area (Å²) in [4.78, 5) is 30.2. The SMILES string of the molecule is NC(=O)c1ccccc1N1C(=O)/C(=C/c2ccccn2)SC1=S. The molecule has 2 heterocycles. The summed E-state index contributed by atoms with van der Waals surface area (Å²) < 4.78 is 0.353. The van der Waals surface area contributed by atoms with Gasteiger partial charge in [0.2, 0.25) is 0 Å². The Hall–Kier alpha value is -2.51. The molecule has 0 spiro atoms. The number of primary amides is 1. The van der Waals surface area contributed by atoms with E-state index in [1.54, 1.807) is 48.7 Å². The minimum atomic E-state index is -0.608. The molecule has 0 saturated carbocycles. The number of amides is 2. The minimum absolute atomic E-state index is 0.253. The zero-order chi connectivity index (χ0) is 16.4. The van der Waals surface area contributed by atoms with Crippen LogP contribution in [0.25, 0.3) is 6.08 Å². The molecule has 114 valence electrons. The van der Waals surface area contributed by atoms with Crippen LogP contribution in [0.4, 0.5) is 5.69 Å². The number of anilines is 1. The second kappa shape index (κ2) is 6.31. The largest absolute Gasteiger partial charge is 0.366 e. The van der Waals surface area contributed by atoms with Crippen LogP contribution in [0.3, 0.4) is 0 Å². The van der Waals surface area contributed by atoms with E-state index in [1.807, 2.05) is 6.07 Å². The van der Waals surface area contributed by atoms with E-state index in [1.165, 1.54) is 16.7 Å². The van der Waals surface area contributed by atoms with Gasteiger partial charge in [0.05, 0.1) is 21.8 Å². The predicted octanol–water partition coefficient (Wildman–Crippen LogP) is 2.59. The molecule has 2 amide bonds. The van der Waals surface area contributed by atoms with Crippen molar-refractivity contribution in [1.29, 1.82) is 0 Å². The van der Waals surface area contributed by atoms with Crippen molar-refractivity contribution in [3.63, 3.8) is 0 Å². The first-order valence-corrected chi connectivity index (χ1v) is 7.88. The average Bonchev–Trinajstić information content (AvgIpc) is 2.82. The van der Waals surface area contributed by atoms with Gasteiger partial charge >= 0.3 is 0 Å². The van der Waals surface area contributed by atoms with E-state index < -0.39 is 5.91 Å². The Balaban J connectivity index is 2.00. The monoisotopic (exact) mass is 341 g/mol. The summed E-state index contributed by atoms with van der Waals surface area (Å²) in [7, 11) is 0. The van der Waals surface area contributed by atoms with Crippen molar-refractivity contribution in [3.8, 4) is 0 Å². The Morgan fingerprint density at radius 3 is 2.65 bits per heavy atom. The van der Waals surface area contributed by atoms with Crippen molar-refractivity contribution in [2.24, 2.45) is 5.73 Å². The van der Waals surface area contributed by atoms with E-state index in [9.17, 15) is 9.59 Å². The van der Waals surface area contributed by atoms with Gasteiger partial charge in [-0.1, -0.05) is 42.2 Å². The molecule has 1 aromatic heterocycles. The number of pyridine rings is 1. The van der Waals surface area contributed by atoms with Gasteiger partial charge in [0, 0.05) is 6.20 Å². The van der Waals surface area contributed by atoms with Gasteiger partial charge in [-0.05, 0) is 30.3 Å². The van der Waals surface area contributed by atoms with Gasteiger partial charge in [-0.2, -0.15) is 0 Å². The lowest BCUT2D eigenvalue weighted by molar-refractivity contribution is -0.113. The summed E-state index contributed by atoms with van der Waals surface area (Å²) in [6.07, 6.45) is 3.32. The number of para-hydroxylation sites is 1. The van der Waals surface area contributed by atoms with Gasteiger partial charge in [-0.3, -0.25) is 19.5 Å².